The van der Waals surface area contributed by atoms with Gasteiger partial charge in [0.05, 0.1) is 18.3 Å². The Morgan fingerprint density at radius 2 is 1.78 bits per heavy atom. The van der Waals surface area contributed by atoms with Gasteiger partial charge in [-0.15, -0.1) is 0 Å². The molecule has 1 aromatic heterocycles. The van der Waals surface area contributed by atoms with Gasteiger partial charge in [0.25, 0.3) is 0 Å². The van der Waals surface area contributed by atoms with Crippen LogP contribution in [-0.2, 0) is 9.31 Å². The maximum absolute atomic E-state index is 5.97. The lowest BCUT2D eigenvalue weighted by molar-refractivity contribution is 0.00578. The van der Waals surface area contributed by atoms with Crippen molar-refractivity contribution in [1.82, 2.24) is 4.98 Å². The van der Waals surface area contributed by atoms with Crippen molar-refractivity contribution in [3.63, 3.8) is 0 Å². The zero-order valence-corrected chi connectivity index (χ0v) is 12.9. The highest BCUT2D eigenvalue weighted by atomic mass is 79.9. The van der Waals surface area contributed by atoms with Gasteiger partial charge >= 0.3 is 7.12 Å². The molecule has 1 aromatic rings. The molecule has 0 unspecified atom stereocenters. The van der Waals surface area contributed by atoms with Crippen molar-refractivity contribution in [2.24, 2.45) is 0 Å². The van der Waals surface area contributed by atoms with Crippen molar-refractivity contribution in [3.8, 4) is 5.88 Å². The van der Waals surface area contributed by atoms with Gasteiger partial charge in [-0.2, -0.15) is 0 Å². The van der Waals surface area contributed by atoms with Crippen LogP contribution in [0.2, 0.25) is 0 Å². The number of pyridine rings is 1. The first-order valence-corrected chi connectivity index (χ1v) is 6.61. The average Bonchev–Trinajstić information content (AvgIpc) is 2.47. The van der Waals surface area contributed by atoms with E-state index < -0.39 is 7.12 Å². The highest BCUT2D eigenvalue weighted by Crippen LogP contribution is 2.37. The van der Waals surface area contributed by atoms with Gasteiger partial charge in [0.15, 0.2) is 0 Å². The molecule has 98 valence electrons. The monoisotopic (exact) mass is 313 g/mol. The van der Waals surface area contributed by atoms with E-state index in [2.05, 4.69) is 20.9 Å². The molecule has 1 saturated heterocycles. The zero-order valence-electron chi connectivity index (χ0n) is 11.3. The summed E-state index contributed by atoms with van der Waals surface area (Å²) in [4.78, 5) is 4.19. The average molecular weight is 314 g/mol. The molecule has 0 amide bonds. The number of rotatable bonds is 2. The normalized spacial score (nSPS) is 21.1. The molecule has 0 atom stereocenters. The van der Waals surface area contributed by atoms with E-state index in [-0.39, 0.29) is 11.2 Å². The topological polar surface area (TPSA) is 40.6 Å². The summed E-state index contributed by atoms with van der Waals surface area (Å²) in [6.07, 6.45) is 1.71. The van der Waals surface area contributed by atoms with Crippen LogP contribution < -0.4 is 10.2 Å². The Hall–Kier alpha value is -0.585. The van der Waals surface area contributed by atoms with Gasteiger partial charge in [0.1, 0.15) is 0 Å². The van der Waals surface area contributed by atoms with Gasteiger partial charge in [-0.1, -0.05) is 15.9 Å². The summed E-state index contributed by atoms with van der Waals surface area (Å²) in [7, 11) is 1.17. The molecule has 0 spiro atoms. The molecular weight excluding hydrogens is 297 g/mol. The molecule has 2 heterocycles. The number of methoxy groups -OCH3 is 1. The smallest absolute Gasteiger partial charge is 0.481 e. The first-order valence-electron chi connectivity index (χ1n) is 5.82. The highest BCUT2D eigenvalue weighted by Gasteiger charge is 2.52. The fraction of sp³-hybridized carbons (Fsp3) is 0.583. The van der Waals surface area contributed by atoms with Gasteiger partial charge in [-0.3, -0.25) is 0 Å². The van der Waals surface area contributed by atoms with Crippen LogP contribution in [0.1, 0.15) is 27.7 Å². The third-order valence-electron chi connectivity index (χ3n) is 3.57. The molecule has 0 aliphatic carbocycles. The predicted molar refractivity (Wildman–Crippen MR) is 74.2 cm³/mol. The fourth-order valence-electron chi connectivity index (χ4n) is 1.68. The number of hydrogen-bond acceptors (Lipinski definition) is 4. The Balaban J connectivity index is 2.30. The van der Waals surface area contributed by atoms with E-state index in [1.165, 1.54) is 0 Å². The minimum Gasteiger partial charge on any atom is -0.481 e. The summed E-state index contributed by atoms with van der Waals surface area (Å²) in [5.74, 6) is 0.558. The van der Waals surface area contributed by atoms with Crippen molar-refractivity contribution in [2.45, 2.75) is 38.9 Å². The van der Waals surface area contributed by atoms with E-state index in [1.807, 2.05) is 27.7 Å². The van der Waals surface area contributed by atoms with E-state index in [0.29, 0.717) is 5.88 Å². The Bertz CT molecular complexity index is 449. The van der Waals surface area contributed by atoms with Gasteiger partial charge in [-0.05, 0) is 27.7 Å². The number of nitrogens with zero attached hydrogens (tertiary/aromatic N) is 1. The molecule has 0 bridgehead atoms. The van der Waals surface area contributed by atoms with Crippen LogP contribution in [0.5, 0.6) is 5.88 Å². The van der Waals surface area contributed by atoms with E-state index in [9.17, 15) is 0 Å². The molecule has 2 rings (SSSR count). The van der Waals surface area contributed by atoms with Crippen LogP contribution in [0.3, 0.4) is 0 Å². The lowest BCUT2D eigenvalue weighted by Gasteiger charge is -2.32. The number of ether oxygens (including phenoxy) is 1. The number of aromatic nitrogens is 1. The molecule has 1 aliphatic rings. The SMILES string of the molecule is COc1cc(Br)c(B2OC(C)(C)C(C)(C)O2)cn1. The second-order valence-corrected chi connectivity index (χ2v) is 6.19. The van der Waals surface area contributed by atoms with Gasteiger partial charge in [0.2, 0.25) is 5.88 Å². The summed E-state index contributed by atoms with van der Waals surface area (Å²) in [5, 5.41) is 0. The lowest BCUT2D eigenvalue weighted by Crippen LogP contribution is -2.41. The maximum Gasteiger partial charge on any atom is 0.497 e. The molecule has 0 N–H and O–H groups in total. The Kier molecular flexibility index (Phi) is 3.47. The Morgan fingerprint density at radius 1 is 1.22 bits per heavy atom. The number of hydrogen-bond donors (Lipinski definition) is 0. The second kappa shape index (κ2) is 4.51. The van der Waals surface area contributed by atoms with Crippen LogP contribution >= 0.6 is 15.9 Å². The van der Waals surface area contributed by atoms with Crippen LogP contribution in [0, 0.1) is 0 Å². The first-order chi connectivity index (χ1) is 8.27. The molecule has 0 radical (unpaired) electrons. The van der Waals surface area contributed by atoms with E-state index >= 15 is 0 Å². The molecular formula is C12H17BBrNO3. The van der Waals surface area contributed by atoms with Crippen molar-refractivity contribution in [3.05, 3.63) is 16.7 Å². The molecule has 0 saturated carbocycles. The Labute approximate surface area is 116 Å². The van der Waals surface area contributed by atoms with Crippen molar-refractivity contribution in [2.75, 3.05) is 7.11 Å². The minimum atomic E-state index is -0.414. The standard InChI is InChI=1S/C12H17BBrNO3/c1-11(2)12(3,4)18-13(17-11)8-7-15-10(16-5)6-9(8)14/h6-7H,1-5H3. The van der Waals surface area contributed by atoms with Crippen LogP contribution in [0.15, 0.2) is 16.7 Å². The van der Waals surface area contributed by atoms with Crippen LogP contribution in [-0.4, -0.2) is 30.4 Å². The summed E-state index contributed by atoms with van der Waals surface area (Å²) >= 11 is 3.49. The first kappa shape index (κ1) is 13.8. The fourth-order valence-corrected chi connectivity index (χ4v) is 2.16. The molecule has 1 aliphatic heterocycles. The molecule has 18 heavy (non-hydrogen) atoms. The van der Waals surface area contributed by atoms with Crippen LogP contribution in [0.4, 0.5) is 0 Å². The van der Waals surface area contributed by atoms with E-state index in [4.69, 9.17) is 14.0 Å². The highest BCUT2D eigenvalue weighted by molar-refractivity contribution is 9.10. The predicted octanol–water partition coefficient (Wildman–Crippen LogP) is 2.15. The molecule has 6 heteroatoms. The largest absolute Gasteiger partial charge is 0.497 e. The summed E-state index contributed by atoms with van der Waals surface area (Å²) in [5.41, 5.74) is 0.170. The molecule has 4 nitrogen and oxygen atoms in total. The van der Waals surface area contributed by atoms with Gasteiger partial charge < -0.3 is 14.0 Å². The van der Waals surface area contributed by atoms with E-state index in [0.717, 1.165) is 9.94 Å². The lowest BCUT2D eigenvalue weighted by atomic mass is 9.80. The zero-order chi connectivity index (χ0) is 13.6. The van der Waals surface area contributed by atoms with Crippen LogP contribution in [0.25, 0.3) is 0 Å². The van der Waals surface area contributed by atoms with E-state index in [1.54, 1.807) is 19.4 Å². The third kappa shape index (κ3) is 2.29. The summed E-state index contributed by atoms with van der Waals surface area (Å²) in [6, 6.07) is 1.81. The van der Waals surface area contributed by atoms with Gasteiger partial charge in [0, 0.05) is 22.2 Å². The third-order valence-corrected chi connectivity index (χ3v) is 4.26. The minimum absolute atomic E-state index is 0.350. The quantitative estimate of drug-likeness (QED) is 0.785. The van der Waals surface area contributed by atoms with Crippen molar-refractivity contribution in [1.29, 1.82) is 0 Å². The molecule has 0 aromatic carbocycles. The molecule has 1 fully saturated rings. The summed E-state index contributed by atoms with van der Waals surface area (Å²) < 4.78 is 17.9. The second-order valence-electron chi connectivity index (χ2n) is 5.34. The summed E-state index contributed by atoms with van der Waals surface area (Å²) in [6.45, 7) is 8.10. The number of halogens is 1. The van der Waals surface area contributed by atoms with Crippen molar-refractivity contribution < 1.29 is 14.0 Å². The Morgan fingerprint density at radius 3 is 2.22 bits per heavy atom. The van der Waals surface area contributed by atoms with Crippen molar-refractivity contribution >= 4 is 28.5 Å². The van der Waals surface area contributed by atoms with Gasteiger partial charge in [-0.25, -0.2) is 4.98 Å². The maximum atomic E-state index is 5.97.